The van der Waals surface area contributed by atoms with E-state index in [-0.39, 0.29) is 6.10 Å². The van der Waals surface area contributed by atoms with Crippen LogP contribution < -0.4 is 4.74 Å². The van der Waals surface area contributed by atoms with Crippen LogP contribution in [0.3, 0.4) is 0 Å². The molecule has 5 rings (SSSR count). The van der Waals surface area contributed by atoms with Gasteiger partial charge in [-0.25, -0.2) is 0 Å². The molecule has 6 heteroatoms. The number of hydrogen-bond acceptors (Lipinski definition) is 5. The van der Waals surface area contributed by atoms with Crippen LogP contribution >= 0.6 is 0 Å². The number of benzene rings is 1. The van der Waals surface area contributed by atoms with E-state index in [1.807, 2.05) is 37.0 Å². The number of ether oxygens (including phenoxy) is 1. The molecule has 0 radical (unpaired) electrons. The summed E-state index contributed by atoms with van der Waals surface area (Å²) in [4.78, 5) is 2.58. The topological polar surface area (TPSA) is 56.1 Å². The van der Waals surface area contributed by atoms with E-state index in [0.29, 0.717) is 11.3 Å². The number of nitrogens with zero attached hydrogens (tertiary/aromatic N) is 5. The monoisotopic (exact) mass is 403 g/mol. The highest BCUT2D eigenvalue weighted by molar-refractivity contribution is 5.58. The smallest absolute Gasteiger partial charge is 0.233 e. The van der Waals surface area contributed by atoms with Gasteiger partial charge in [-0.3, -0.25) is 9.58 Å². The largest absolute Gasteiger partial charge is 0.473 e. The molecule has 1 aromatic carbocycles. The van der Waals surface area contributed by atoms with Gasteiger partial charge >= 0.3 is 0 Å². The lowest BCUT2D eigenvalue weighted by Gasteiger charge is -2.51. The Balaban J connectivity index is 1.12. The maximum atomic E-state index is 6.12. The number of hydrogen-bond donors (Lipinski definition) is 0. The zero-order valence-electron chi connectivity index (χ0n) is 17.8. The van der Waals surface area contributed by atoms with E-state index in [9.17, 15) is 0 Å². The number of piperidine rings is 1. The molecule has 1 aliphatic heterocycles. The van der Waals surface area contributed by atoms with Gasteiger partial charge in [0, 0.05) is 19.7 Å². The van der Waals surface area contributed by atoms with Crippen molar-refractivity contribution in [3.05, 3.63) is 59.8 Å². The highest BCUT2D eigenvalue weighted by Crippen LogP contribution is 2.50. The fraction of sp³-hybridized carbons (Fsp3) is 0.458. The quantitative estimate of drug-likeness (QED) is 0.644. The Hall–Kier alpha value is -2.73. The van der Waals surface area contributed by atoms with Crippen LogP contribution in [0.5, 0.6) is 5.88 Å². The van der Waals surface area contributed by atoms with Crippen molar-refractivity contribution >= 4 is 0 Å². The first kappa shape index (κ1) is 19.2. The predicted molar refractivity (Wildman–Crippen MR) is 116 cm³/mol. The Morgan fingerprint density at radius 2 is 1.80 bits per heavy atom. The summed E-state index contributed by atoms with van der Waals surface area (Å²) in [7, 11) is 1.92. The number of rotatable bonds is 5. The lowest BCUT2D eigenvalue weighted by molar-refractivity contribution is -0.0583. The summed E-state index contributed by atoms with van der Waals surface area (Å²) in [5.41, 5.74) is 4.80. The van der Waals surface area contributed by atoms with Gasteiger partial charge in [0.15, 0.2) is 0 Å². The number of likely N-dealkylation sites (tertiary alicyclic amines) is 1. The van der Waals surface area contributed by atoms with Gasteiger partial charge in [0.2, 0.25) is 5.88 Å². The third-order valence-electron chi connectivity index (χ3n) is 6.78. The molecule has 30 heavy (non-hydrogen) atoms. The van der Waals surface area contributed by atoms with Crippen molar-refractivity contribution < 1.29 is 4.74 Å². The maximum absolute atomic E-state index is 6.12. The average molecular weight is 404 g/mol. The molecule has 1 spiro atoms. The molecule has 1 saturated carbocycles. The van der Waals surface area contributed by atoms with Crippen molar-refractivity contribution in [2.75, 3.05) is 13.1 Å². The van der Waals surface area contributed by atoms with Gasteiger partial charge in [0.25, 0.3) is 0 Å². The predicted octanol–water partition coefficient (Wildman–Crippen LogP) is 4.01. The van der Waals surface area contributed by atoms with E-state index in [1.165, 1.54) is 31.5 Å². The number of aromatic nitrogens is 4. The van der Waals surface area contributed by atoms with E-state index in [4.69, 9.17) is 4.74 Å². The van der Waals surface area contributed by atoms with Gasteiger partial charge in [0.05, 0.1) is 11.9 Å². The van der Waals surface area contributed by atoms with Crippen LogP contribution in [0.15, 0.2) is 48.7 Å². The van der Waals surface area contributed by atoms with E-state index in [0.717, 1.165) is 36.3 Å². The molecule has 3 aromatic rings. The molecule has 2 aromatic heterocycles. The standard InChI is InChI=1S/C24H29N5O/c1-18-16-25-28(2)23(18)21-8-9-22(27-26-21)30-20-14-24(15-20)10-12-29(13-11-24)17-19-6-4-3-5-7-19/h3-9,16,20H,10-15,17H2,1-2H3. The summed E-state index contributed by atoms with van der Waals surface area (Å²) in [6.07, 6.45) is 6.92. The van der Waals surface area contributed by atoms with Gasteiger partial charge in [-0.2, -0.15) is 5.10 Å². The van der Waals surface area contributed by atoms with Crippen LogP contribution in [0.25, 0.3) is 11.4 Å². The minimum atomic E-state index is 0.268. The molecule has 0 atom stereocenters. The lowest BCUT2D eigenvalue weighted by atomic mass is 9.61. The second-order valence-electron chi connectivity index (χ2n) is 8.97. The van der Waals surface area contributed by atoms with Gasteiger partial charge < -0.3 is 4.74 Å². The van der Waals surface area contributed by atoms with Crippen molar-refractivity contribution in [3.8, 4) is 17.3 Å². The van der Waals surface area contributed by atoms with E-state index < -0.39 is 0 Å². The third-order valence-corrected chi connectivity index (χ3v) is 6.78. The third kappa shape index (κ3) is 3.84. The van der Waals surface area contributed by atoms with Crippen LogP contribution in [0.1, 0.15) is 36.8 Å². The van der Waals surface area contributed by atoms with Crippen LogP contribution in [-0.2, 0) is 13.6 Å². The summed E-state index contributed by atoms with van der Waals surface area (Å²) in [5, 5.41) is 13.0. The van der Waals surface area contributed by atoms with Gasteiger partial charge in [-0.05, 0) is 68.3 Å². The molecule has 2 aliphatic rings. The molecule has 156 valence electrons. The van der Waals surface area contributed by atoms with Crippen molar-refractivity contribution in [2.24, 2.45) is 12.5 Å². The highest BCUT2D eigenvalue weighted by atomic mass is 16.5. The summed E-state index contributed by atoms with van der Waals surface area (Å²) in [5.74, 6) is 0.625. The van der Waals surface area contributed by atoms with Crippen molar-refractivity contribution in [1.29, 1.82) is 0 Å². The first-order chi connectivity index (χ1) is 14.6. The molecular weight excluding hydrogens is 374 g/mol. The molecule has 0 N–H and O–H groups in total. The van der Waals surface area contributed by atoms with Crippen molar-refractivity contribution in [3.63, 3.8) is 0 Å². The normalized spacial score (nSPS) is 19.0. The van der Waals surface area contributed by atoms with Gasteiger partial charge in [-0.15, -0.1) is 10.2 Å². The van der Waals surface area contributed by atoms with Gasteiger partial charge in [0.1, 0.15) is 11.8 Å². The zero-order valence-corrected chi connectivity index (χ0v) is 17.8. The van der Waals surface area contributed by atoms with Crippen LogP contribution in [0, 0.1) is 12.3 Å². The Morgan fingerprint density at radius 3 is 2.43 bits per heavy atom. The van der Waals surface area contributed by atoms with Gasteiger partial charge in [-0.1, -0.05) is 30.3 Å². The molecule has 1 saturated heterocycles. The lowest BCUT2D eigenvalue weighted by Crippen LogP contribution is -2.50. The van der Waals surface area contributed by atoms with Crippen LogP contribution in [0.4, 0.5) is 0 Å². The van der Waals surface area contributed by atoms with E-state index >= 15 is 0 Å². The van der Waals surface area contributed by atoms with Crippen LogP contribution in [0.2, 0.25) is 0 Å². The summed E-state index contributed by atoms with van der Waals surface area (Å²) in [6.45, 7) is 5.46. The molecule has 0 amide bonds. The fourth-order valence-corrected chi connectivity index (χ4v) is 5.02. The maximum Gasteiger partial charge on any atom is 0.233 e. The molecule has 3 heterocycles. The molecule has 0 unspecified atom stereocenters. The fourth-order valence-electron chi connectivity index (χ4n) is 5.02. The highest BCUT2D eigenvalue weighted by Gasteiger charge is 2.47. The number of aryl methyl sites for hydroxylation is 2. The molecule has 1 aliphatic carbocycles. The molecule has 0 bridgehead atoms. The van der Waals surface area contributed by atoms with Crippen LogP contribution in [-0.4, -0.2) is 44.1 Å². The van der Waals surface area contributed by atoms with E-state index in [1.54, 1.807) is 0 Å². The minimum absolute atomic E-state index is 0.268. The summed E-state index contributed by atoms with van der Waals surface area (Å²) in [6, 6.07) is 14.7. The minimum Gasteiger partial charge on any atom is -0.473 e. The first-order valence-electron chi connectivity index (χ1n) is 10.9. The van der Waals surface area contributed by atoms with Crippen molar-refractivity contribution in [2.45, 2.75) is 45.3 Å². The summed E-state index contributed by atoms with van der Waals surface area (Å²) >= 11 is 0. The molecule has 6 nitrogen and oxygen atoms in total. The van der Waals surface area contributed by atoms with Crippen molar-refractivity contribution in [1.82, 2.24) is 24.9 Å². The Kier molecular flexibility index (Phi) is 5.03. The zero-order chi connectivity index (χ0) is 20.6. The molecular formula is C24H29N5O. The van der Waals surface area contributed by atoms with E-state index in [2.05, 4.69) is 50.5 Å². The molecule has 2 fully saturated rings. The Labute approximate surface area is 177 Å². The summed E-state index contributed by atoms with van der Waals surface area (Å²) < 4.78 is 7.96. The SMILES string of the molecule is Cc1cnn(C)c1-c1ccc(OC2CC3(CCN(Cc4ccccc4)CC3)C2)nn1. The first-order valence-corrected chi connectivity index (χ1v) is 10.9. The Morgan fingerprint density at radius 1 is 1.03 bits per heavy atom. The Bertz CT molecular complexity index is 963. The second-order valence-corrected chi connectivity index (χ2v) is 8.97. The average Bonchev–Trinajstić information content (AvgIpc) is 3.08. The second kappa shape index (κ2) is 7.84.